The van der Waals surface area contributed by atoms with Gasteiger partial charge in [0, 0.05) is 18.3 Å². The molecule has 5 heteroatoms. The van der Waals surface area contributed by atoms with E-state index in [1.807, 2.05) is 25.2 Å². The number of rotatable bonds is 5. The molecular formula is C14H18N2O3. The zero-order chi connectivity index (χ0) is 14.0. The molecule has 0 saturated heterocycles. The van der Waals surface area contributed by atoms with Crippen molar-refractivity contribution in [2.75, 3.05) is 11.9 Å². The third kappa shape index (κ3) is 2.76. The average Bonchev–Trinajstić information content (AvgIpc) is 2.63. The topological polar surface area (TPSA) is 69.6 Å². The van der Waals surface area contributed by atoms with E-state index in [1.54, 1.807) is 11.8 Å². The first kappa shape index (κ1) is 13.5. The molecular weight excluding hydrogens is 244 g/mol. The quantitative estimate of drug-likeness (QED) is 0.835. The first-order valence-corrected chi connectivity index (χ1v) is 6.33. The van der Waals surface area contributed by atoms with Crippen LogP contribution in [-0.2, 0) is 22.6 Å². The summed E-state index contributed by atoms with van der Waals surface area (Å²) >= 11 is 0. The third-order valence-electron chi connectivity index (χ3n) is 3.31. The number of nitrogens with one attached hydrogen (secondary N) is 1. The van der Waals surface area contributed by atoms with Crippen molar-refractivity contribution >= 4 is 17.6 Å². The Morgan fingerprint density at radius 3 is 2.89 bits per heavy atom. The van der Waals surface area contributed by atoms with Gasteiger partial charge in [-0.15, -0.1) is 0 Å². The van der Waals surface area contributed by atoms with E-state index < -0.39 is 5.97 Å². The maximum absolute atomic E-state index is 12.0. The number of carbonyl (C=O) groups excluding carboxylic acids is 1. The second-order valence-electron chi connectivity index (χ2n) is 4.88. The van der Waals surface area contributed by atoms with Crippen molar-refractivity contribution in [3.63, 3.8) is 0 Å². The Hall–Kier alpha value is -1.88. The van der Waals surface area contributed by atoms with Gasteiger partial charge in [0.25, 0.3) is 0 Å². The maximum Gasteiger partial charge on any atom is 0.305 e. The summed E-state index contributed by atoms with van der Waals surface area (Å²) in [5.74, 6) is -0.911. The number of carbonyl (C=O) groups is 2. The molecule has 0 aliphatic carbocycles. The molecule has 0 bridgehead atoms. The lowest BCUT2D eigenvalue weighted by molar-refractivity contribution is -0.137. The molecule has 1 unspecified atom stereocenters. The molecule has 0 fully saturated rings. The number of nitrogens with zero attached hydrogens (tertiary/aromatic N) is 1. The number of amides is 1. The lowest BCUT2D eigenvalue weighted by Crippen LogP contribution is -2.37. The highest BCUT2D eigenvalue weighted by Crippen LogP contribution is 2.32. The smallest absolute Gasteiger partial charge is 0.305 e. The zero-order valence-electron chi connectivity index (χ0n) is 11.1. The van der Waals surface area contributed by atoms with Crippen LogP contribution >= 0.6 is 0 Å². The largest absolute Gasteiger partial charge is 0.481 e. The Labute approximate surface area is 112 Å². The number of benzene rings is 1. The Morgan fingerprint density at radius 2 is 2.26 bits per heavy atom. The van der Waals surface area contributed by atoms with Crippen molar-refractivity contribution in [2.24, 2.45) is 0 Å². The minimum absolute atomic E-state index is 0.0228. The number of aliphatic carboxylic acids is 1. The fourth-order valence-electron chi connectivity index (χ4n) is 2.54. The molecule has 1 aliphatic rings. The van der Waals surface area contributed by atoms with Crippen LogP contribution < -0.4 is 10.2 Å². The first-order valence-electron chi connectivity index (χ1n) is 6.33. The van der Waals surface area contributed by atoms with Crippen molar-refractivity contribution in [1.82, 2.24) is 5.32 Å². The third-order valence-corrected chi connectivity index (χ3v) is 3.31. The molecule has 1 aliphatic heterocycles. The number of fused-ring (bicyclic) bond motifs is 1. The van der Waals surface area contributed by atoms with Crippen LogP contribution in [0.25, 0.3) is 0 Å². The van der Waals surface area contributed by atoms with Crippen molar-refractivity contribution in [2.45, 2.75) is 32.4 Å². The standard InChI is InChI=1S/C14H18N2O3/c1-9(5-14(18)19)16-12-4-3-10(8-15-2)6-11(12)7-13(16)17/h3-4,6,9,15H,5,7-8H2,1-2H3,(H,18,19). The van der Waals surface area contributed by atoms with Gasteiger partial charge in [-0.2, -0.15) is 0 Å². The van der Waals surface area contributed by atoms with Crippen molar-refractivity contribution in [1.29, 1.82) is 0 Å². The second-order valence-corrected chi connectivity index (χ2v) is 4.88. The molecule has 1 heterocycles. The Bertz CT molecular complexity index is 513. The van der Waals surface area contributed by atoms with Crippen LogP contribution in [0.3, 0.4) is 0 Å². The van der Waals surface area contributed by atoms with Gasteiger partial charge in [-0.05, 0) is 31.2 Å². The molecule has 102 valence electrons. The van der Waals surface area contributed by atoms with Gasteiger partial charge in [0.2, 0.25) is 5.91 Å². The molecule has 1 aromatic carbocycles. The summed E-state index contributed by atoms with van der Waals surface area (Å²) in [6.45, 7) is 2.52. The van der Waals surface area contributed by atoms with Gasteiger partial charge in [-0.25, -0.2) is 0 Å². The van der Waals surface area contributed by atoms with E-state index in [1.165, 1.54) is 0 Å². The van der Waals surface area contributed by atoms with E-state index in [4.69, 9.17) is 5.11 Å². The highest BCUT2D eigenvalue weighted by molar-refractivity contribution is 6.02. The molecule has 0 aromatic heterocycles. The van der Waals surface area contributed by atoms with Gasteiger partial charge >= 0.3 is 5.97 Å². The first-order chi connectivity index (χ1) is 9.02. The van der Waals surface area contributed by atoms with Crippen molar-refractivity contribution in [3.8, 4) is 0 Å². The lowest BCUT2D eigenvalue weighted by atomic mass is 10.1. The van der Waals surface area contributed by atoms with E-state index in [-0.39, 0.29) is 18.4 Å². The van der Waals surface area contributed by atoms with Crippen molar-refractivity contribution < 1.29 is 14.7 Å². The number of anilines is 1. The molecule has 2 rings (SSSR count). The maximum atomic E-state index is 12.0. The van der Waals surface area contributed by atoms with Gasteiger partial charge in [-0.1, -0.05) is 12.1 Å². The molecule has 0 saturated carbocycles. The van der Waals surface area contributed by atoms with Crippen LogP contribution in [-0.4, -0.2) is 30.1 Å². The minimum atomic E-state index is -0.888. The number of carboxylic acid groups (broad SMARTS) is 1. The molecule has 0 spiro atoms. The van der Waals surface area contributed by atoms with E-state index in [2.05, 4.69) is 5.32 Å². The van der Waals surface area contributed by atoms with Crippen LogP contribution in [0.2, 0.25) is 0 Å². The molecule has 1 atom stereocenters. The number of hydrogen-bond donors (Lipinski definition) is 2. The Kier molecular flexibility index (Phi) is 3.85. The fraction of sp³-hybridized carbons (Fsp3) is 0.429. The van der Waals surface area contributed by atoms with Gasteiger partial charge in [-0.3, -0.25) is 9.59 Å². The molecule has 1 aromatic rings. The van der Waals surface area contributed by atoms with Crippen LogP contribution in [0.5, 0.6) is 0 Å². The Balaban J connectivity index is 2.26. The number of hydrogen-bond acceptors (Lipinski definition) is 3. The van der Waals surface area contributed by atoms with Crippen molar-refractivity contribution in [3.05, 3.63) is 29.3 Å². The lowest BCUT2D eigenvalue weighted by Gasteiger charge is -2.24. The van der Waals surface area contributed by atoms with Crippen LogP contribution in [0, 0.1) is 0 Å². The molecule has 2 N–H and O–H groups in total. The highest BCUT2D eigenvalue weighted by Gasteiger charge is 2.31. The highest BCUT2D eigenvalue weighted by atomic mass is 16.4. The molecule has 1 amide bonds. The van der Waals surface area contributed by atoms with Gasteiger partial charge in [0.15, 0.2) is 0 Å². The molecule has 19 heavy (non-hydrogen) atoms. The summed E-state index contributed by atoms with van der Waals surface area (Å²) in [4.78, 5) is 24.4. The summed E-state index contributed by atoms with van der Waals surface area (Å²) in [5.41, 5.74) is 2.95. The number of carboxylic acids is 1. The summed E-state index contributed by atoms with van der Waals surface area (Å²) in [7, 11) is 1.87. The van der Waals surface area contributed by atoms with Gasteiger partial charge in [0.05, 0.1) is 12.8 Å². The van der Waals surface area contributed by atoms with Crippen LogP contribution in [0.4, 0.5) is 5.69 Å². The summed E-state index contributed by atoms with van der Waals surface area (Å²) in [5, 5.41) is 11.9. The van der Waals surface area contributed by atoms with E-state index in [0.717, 1.165) is 23.4 Å². The Morgan fingerprint density at radius 1 is 1.53 bits per heavy atom. The minimum Gasteiger partial charge on any atom is -0.481 e. The molecule has 0 radical (unpaired) electrons. The monoisotopic (exact) mass is 262 g/mol. The summed E-state index contributed by atoms with van der Waals surface area (Å²) in [6.07, 6.45) is 0.320. The van der Waals surface area contributed by atoms with Crippen LogP contribution in [0.15, 0.2) is 18.2 Å². The second kappa shape index (κ2) is 5.40. The van der Waals surface area contributed by atoms with E-state index >= 15 is 0 Å². The van der Waals surface area contributed by atoms with Gasteiger partial charge in [0.1, 0.15) is 0 Å². The summed E-state index contributed by atoms with van der Waals surface area (Å²) < 4.78 is 0. The van der Waals surface area contributed by atoms with Crippen LogP contribution in [0.1, 0.15) is 24.5 Å². The van der Waals surface area contributed by atoms with E-state index in [0.29, 0.717) is 6.42 Å². The zero-order valence-corrected chi connectivity index (χ0v) is 11.1. The SMILES string of the molecule is CNCc1ccc2c(c1)CC(=O)N2C(C)CC(=O)O. The predicted octanol–water partition coefficient (Wildman–Crippen LogP) is 1.16. The van der Waals surface area contributed by atoms with E-state index in [9.17, 15) is 9.59 Å². The van der Waals surface area contributed by atoms with Gasteiger partial charge < -0.3 is 15.3 Å². The molecule has 5 nitrogen and oxygen atoms in total. The normalized spacial score (nSPS) is 15.5. The predicted molar refractivity (Wildman–Crippen MR) is 72.1 cm³/mol. The fourth-order valence-corrected chi connectivity index (χ4v) is 2.54. The average molecular weight is 262 g/mol. The summed E-state index contributed by atoms with van der Waals surface area (Å²) in [6, 6.07) is 5.57.